The number of pyridine rings is 1. The molecule has 0 aliphatic rings. The van der Waals surface area contributed by atoms with E-state index in [0.717, 1.165) is 27.6 Å². The van der Waals surface area contributed by atoms with Gasteiger partial charge in [0, 0.05) is 35.6 Å². The highest BCUT2D eigenvalue weighted by atomic mass is 35.5. The predicted octanol–water partition coefficient (Wildman–Crippen LogP) is 4.32. The van der Waals surface area contributed by atoms with Crippen molar-refractivity contribution in [3.05, 3.63) is 81.9 Å². The van der Waals surface area contributed by atoms with Crippen molar-refractivity contribution in [2.75, 3.05) is 13.4 Å². The van der Waals surface area contributed by atoms with E-state index in [1.807, 2.05) is 50.4 Å². The quantitative estimate of drug-likeness (QED) is 0.413. The lowest BCUT2D eigenvalue weighted by atomic mass is 9.98. The number of imidazole rings is 1. The Morgan fingerprint density at radius 1 is 1.27 bits per heavy atom. The molecule has 2 aromatic carbocycles. The number of aromatic nitrogens is 3. The number of nitrogens with zero attached hydrogens (tertiary/aromatic N) is 3. The molecule has 0 saturated heterocycles. The highest BCUT2D eigenvalue weighted by Gasteiger charge is 2.20. The van der Waals surface area contributed by atoms with Gasteiger partial charge in [0.1, 0.15) is 6.10 Å². The third kappa shape index (κ3) is 4.49. The summed E-state index contributed by atoms with van der Waals surface area (Å²) >= 11 is 6.91. The molecule has 172 valence electrons. The van der Waals surface area contributed by atoms with Crippen molar-refractivity contribution in [1.82, 2.24) is 14.5 Å². The van der Waals surface area contributed by atoms with Crippen LogP contribution in [0.1, 0.15) is 34.1 Å². The minimum absolute atomic E-state index is 0.455. The van der Waals surface area contributed by atoms with Crippen molar-refractivity contribution in [3.63, 3.8) is 0 Å². The number of ether oxygens (including phenoxy) is 1. The molecule has 1 N–H and O–H groups in total. The predicted molar refractivity (Wildman–Crippen MR) is 134 cm³/mol. The van der Waals surface area contributed by atoms with Crippen LogP contribution < -0.4 is 4.74 Å². The summed E-state index contributed by atoms with van der Waals surface area (Å²) in [7, 11) is 1.14. The molecule has 0 aliphatic heterocycles. The molecule has 4 rings (SSSR count). The van der Waals surface area contributed by atoms with Crippen LogP contribution in [-0.4, -0.2) is 43.1 Å². The molecule has 4 aromatic rings. The summed E-state index contributed by atoms with van der Waals surface area (Å²) < 4.78 is 19.6. The summed E-state index contributed by atoms with van der Waals surface area (Å²) in [6, 6.07) is 11.3. The molecule has 0 fully saturated rings. The van der Waals surface area contributed by atoms with Gasteiger partial charge in [-0.3, -0.25) is 4.21 Å². The first-order chi connectivity index (χ1) is 15.6. The average molecular weight is 484 g/mol. The van der Waals surface area contributed by atoms with Crippen LogP contribution >= 0.6 is 11.6 Å². The SMILES string of the molecule is C=S(C)(=O)c1ccc(Cc2c(OC)nc3c(C)cc(C(O)c4cncn4C)cc3c2Cl)cc1. The Morgan fingerprint density at radius 3 is 2.55 bits per heavy atom. The maximum absolute atomic E-state index is 12.2. The first kappa shape index (κ1) is 23.3. The van der Waals surface area contributed by atoms with Crippen LogP contribution in [0.2, 0.25) is 5.02 Å². The minimum Gasteiger partial charge on any atom is -0.481 e. The van der Waals surface area contributed by atoms with Crippen molar-refractivity contribution in [2.45, 2.75) is 24.3 Å². The van der Waals surface area contributed by atoms with Crippen LogP contribution in [0.4, 0.5) is 0 Å². The monoisotopic (exact) mass is 483 g/mol. The highest BCUT2D eigenvalue weighted by Crippen LogP contribution is 2.37. The molecule has 0 bridgehead atoms. The summed E-state index contributed by atoms with van der Waals surface area (Å²) in [5, 5.41) is 12.2. The number of hydrogen-bond donors (Lipinski definition) is 1. The first-order valence-corrected chi connectivity index (χ1v) is 12.8. The molecule has 0 saturated carbocycles. The molecule has 0 radical (unpaired) electrons. The van der Waals surface area contributed by atoms with E-state index in [4.69, 9.17) is 21.3 Å². The van der Waals surface area contributed by atoms with E-state index in [-0.39, 0.29) is 0 Å². The van der Waals surface area contributed by atoms with E-state index >= 15 is 0 Å². The fourth-order valence-corrected chi connectivity index (χ4v) is 4.93. The highest BCUT2D eigenvalue weighted by molar-refractivity contribution is 7.99. The third-order valence-electron chi connectivity index (χ3n) is 5.74. The van der Waals surface area contributed by atoms with E-state index in [2.05, 4.69) is 10.9 Å². The molecule has 2 unspecified atom stereocenters. The molecule has 2 aromatic heterocycles. The lowest BCUT2D eigenvalue weighted by molar-refractivity contribution is 0.211. The lowest BCUT2D eigenvalue weighted by Crippen LogP contribution is -2.06. The van der Waals surface area contributed by atoms with Crippen molar-refractivity contribution < 1.29 is 14.1 Å². The summed E-state index contributed by atoms with van der Waals surface area (Å²) in [5.41, 5.74) is 4.72. The fraction of sp³-hybridized carbons (Fsp3) is 0.240. The van der Waals surface area contributed by atoms with Crippen LogP contribution in [0.15, 0.2) is 53.8 Å². The van der Waals surface area contributed by atoms with E-state index in [1.165, 1.54) is 0 Å². The van der Waals surface area contributed by atoms with Gasteiger partial charge in [0.05, 0.1) is 35.9 Å². The van der Waals surface area contributed by atoms with Gasteiger partial charge in [-0.1, -0.05) is 29.8 Å². The zero-order chi connectivity index (χ0) is 23.9. The van der Waals surface area contributed by atoms with Crippen molar-refractivity contribution in [2.24, 2.45) is 7.05 Å². The molecule has 33 heavy (non-hydrogen) atoms. The summed E-state index contributed by atoms with van der Waals surface area (Å²) in [6.07, 6.45) is 4.56. The largest absolute Gasteiger partial charge is 0.481 e. The van der Waals surface area contributed by atoms with Gasteiger partial charge in [-0.15, -0.1) is 0 Å². The van der Waals surface area contributed by atoms with Gasteiger partial charge in [-0.05, 0) is 57.2 Å². The number of fused-ring (bicyclic) bond motifs is 1. The zero-order valence-electron chi connectivity index (χ0n) is 19.0. The maximum atomic E-state index is 12.2. The van der Waals surface area contributed by atoms with Gasteiger partial charge in [0.25, 0.3) is 0 Å². The molecule has 2 atom stereocenters. The Labute approximate surface area is 198 Å². The van der Waals surface area contributed by atoms with Crippen LogP contribution in [0, 0.1) is 6.92 Å². The zero-order valence-corrected chi connectivity index (χ0v) is 20.6. The molecule has 0 aliphatic carbocycles. The minimum atomic E-state index is -2.27. The van der Waals surface area contributed by atoms with E-state index in [1.54, 1.807) is 30.5 Å². The first-order valence-electron chi connectivity index (χ1n) is 10.3. The Bertz CT molecular complexity index is 1440. The average Bonchev–Trinajstić information content (AvgIpc) is 3.20. The summed E-state index contributed by atoms with van der Waals surface area (Å²) in [4.78, 5) is 9.53. The fourth-order valence-electron chi connectivity index (χ4n) is 3.93. The second-order valence-corrected chi connectivity index (χ2v) is 11.2. The van der Waals surface area contributed by atoms with Crippen LogP contribution in [0.3, 0.4) is 0 Å². The number of hydrogen-bond acceptors (Lipinski definition) is 5. The standard InChI is InChI=1S/C25H26ClN3O3S/c1-15-10-17(24(30)21-13-27-14-29(21)2)12-19-22(26)20(25(32-3)28-23(15)19)11-16-6-8-18(9-7-16)33(4,5)31/h6-10,12-14,24,30H,4,11H2,1-3,5H3. The Hall–Kier alpha value is -2.87. The van der Waals surface area contributed by atoms with Crippen molar-refractivity contribution in [3.8, 4) is 5.88 Å². The molecular formula is C25H26ClN3O3S. The Morgan fingerprint density at radius 2 is 1.97 bits per heavy atom. The number of benzene rings is 2. The van der Waals surface area contributed by atoms with Crippen LogP contribution in [0.5, 0.6) is 5.88 Å². The van der Waals surface area contributed by atoms with Crippen molar-refractivity contribution >= 4 is 37.9 Å². The van der Waals surface area contributed by atoms with Gasteiger partial charge >= 0.3 is 0 Å². The normalized spacial score (nSPS) is 14.2. The number of aliphatic hydroxyl groups excluding tert-OH is 1. The van der Waals surface area contributed by atoms with E-state index < -0.39 is 15.6 Å². The number of aryl methyl sites for hydroxylation is 2. The topological polar surface area (TPSA) is 77.2 Å². The summed E-state index contributed by atoms with van der Waals surface area (Å²) in [6.45, 7) is 1.93. The third-order valence-corrected chi connectivity index (χ3v) is 7.44. The maximum Gasteiger partial charge on any atom is 0.218 e. The van der Waals surface area contributed by atoms with Gasteiger partial charge in [0.2, 0.25) is 5.88 Å². The molecule has 0 spiro atoms. The second kappa shape index (κ2) is 8.82. The molecule has 6 nitrogen and oxygen atoms in total. The lowest BCUT2D eigenvalue weighted by Gasteiger charge is -2.17. The van der Waals surface area contributed by atoms with Gasteiger partial charge in [0.15, 0.2) is 0 Å². The van der Waals surface area contributed by atoms with Gasteiger partial charge in [-0.25, -0.2) is 9.97 Å². The van der Waals surface area contributed by atoms with E-state index in [0.29, 0.717) is 33.5 Å². The van der Waals surface area contributed by atoms with E-state index in [9.17, 15) is 9.32 Å². The van der Waals surface area contributed by atoms with Crippen molar-refractivity contribution in [1.29, 1.82) is 0 Å². The number of aliphatic hydroxyl groups is 1. The Balaban J connectivity index is 1.81. The number of rotatable bonds is 6. The molecular weight excluding hydrogens is 458 g/mol. The van der Waals surface area contributed by atoms with Gasteiger partial charge in [-0.2, -0.15) is 0 Å². The smallest absolute Gasteiger partial charge is 0.218 e. The summed E-state index contributed by atoms with van der Waals surface area (Å²) in [5.74, 6) is 4.19. The molecule has 8 heteroatoms. The molecule has 2 heterocycles. The number of halogens is 1. The second-order valence-electron chi connectivity index (χ2n) is 8.31. The Kier molecular flexibility index (Phi) is 6.22. The number of methoxy groups -OCH3 is 1. The van der Waals surface area contributed by atoms with Crippen LogP contribution in [0.25, 0.3) is 10.9 Å². The van der Waals surface area contributed by atoms with Gasteiger partial charge < -0.3 is 14.4 Å². The van der Waals surface area contributed by atoms with Crippen LogP contribution in [-0.2, 0) is 23.0 Å². The molecule has 0 amide bonds.